The summed E-state index contributed by atoms with van der Waals surface area (Å²) >= 11 is 1.68. The molecule has 0 amide bonds. The first-order valence-corrected chi connectivity index (χ1v) is 11.1. The van der Waals surface area contributed by atoms with Gasteiger partial charge in [-0.3, -0.25) is 0 Å². The Morgan fingerprint density at radius 3 is 2.52 bits per heavy atom. The fraction of sp³-hybridized carbons (Fsp3) is 0.211. The van der Waals surface area contributed by atoms with Gasteiger partial charge in [0.1, 0.15) is 5.76 Å². The number of guanidine groups is 1. The third-order valence-electron chi connectivity index (χ3n) is 3.93. The summed E-state index contributed by atoms with van der Waals surface area (Å²) in [4.78, 5) is 5.89. The minimum atomic E-state index is -3.69. The normalized spacial score (nSPS) is 11.7. The third-order valence-corrected chi connectivity index (χ3v) is 5.73. The lowest BCUT2D eigenvalue weighted by atomic mass is 10.2. The van der Waals surface area contributed by atoms with E-state index in [-0.39, 0.29) is 28.9 Å². The number of nitrogens with one attached hydrogen (secondary N) is 2. The molecule has 0 atom stereocenters. The average molecular weight is 546 g/mol. The molecule has 2 aromatic heterocycles. The van der Waals surface area contributed by atoms with Crippen LogP contribution in [0.1, 0.15) is 16.2 Å². The first-order chi connectivity index (χ1) is 13.5. The van der Waals surface area contributed by atoms with Crippen molar-refractivity contribution in [2.45, 2.75) is 24.4 Å². The van der Waals surface area contributed by atoms with E-state index in [2.05, 4.69) is 21.7 Å². The summed E-state index contributed by atoms with van der Waals surface area (Å²) in [6, 6.07) is 14.3. The second kappa shape index (κ2) is 11.3. The Hall–Kier alpha value is -1.89. The Kier molecular flexibility index (Phi) is 9.14. The Bertz CT molecular complexity index is 987. The van der Waals surface area contributed by atoms with E-state index in [0.717, 1.165) is 17.7 Å². The molecule has 0 unspecified atom stereocenters. The number of hydrogen-bond donors (Lipinski definition) is 3. The summed E-state index contributed by atoms with van der Waals surface area (Å²) in [7, 11) is -3.69. The summed E-state index contributed by atoms with van der Waals surface area (Å²) in [6.45, 7) is 1.76. The largest absolute Gasteiger partial charge is 0.469 e. The molecule has 2 heterocycles. The quantitative estimate of drug-likeness (QED) is 0.229. The van der Waals surface area contributed by atoms with E-state index in [9.17, 15) is 8.42 Å². The van der Waals surface area contributed by atoms with Crippen LogP contribution in [0.5, 0.6) is 0 Å². The molecule has 29 heavy (non-hydrogen) atoms. The minimum Gasteiger partial charge on any atom is -0.469 e. The molecule has 0 aliphatic rings. The van der Waals surface area contributed by atoms with Crippen LogP contribution in [0.4, 0.5) is 0 Å². The highest BCUT2D eigenvalue weighted by Crippen LogP contribution is 2.10. The number of sulfonamides is 1. The highest BCUT2D eigenvalue weighted by atomic mass is 127. The molecular formula is C19H23IN4O3S2. The summed E-state index contributed by atoms with van der Waals surface area (Å²) in [5, 5.41) is 13.8. The number of rotatable bonds is 8. The fourth-order valence-corrected chi connectivity index (χ4v) is 3.63. The summed E-state index contributed by atoms with van der Waals surface area (Å²) < 4.78 is 28.0. The number of halogens is 1. The van der Waals surface area contributed by atoms with Gasteiger partial charge in [-0.25, -0.2) is 18.5 Å². The van der Waals surface area contributed by atoms with Crippen LogP contribution in [0.25, 0.3) is 0 Å². The van der Waals surface area contributed by atoms with Gasteiger partial charge in [-0.1, -0.05) is 18.2 Å². The van der Waals surface area contributed by atoms with Gasteiger partial charge in [0, 0.05) is 17.8 Å². The highest BCUT2D eigenvalue weighted by Gasteiger charge is 2.07. The maximum Gasteiger partial charge on any atom is 0.238 e. The zero-order valence-electron chi connectivity index (χ0n) is 15.6. The lowest BCUT2D eigenvalue weighted by Crippen LogP contribution is -2.37. The average Bonchev–Trinajstić information content (AvgIpc) is 3.37. The van der Waals surface area contributed by atoms with Crippen LogP contribution in [-0.4, -0.2) is 20.9 Å². The molecule has 0 aliphatic heterocycles. The van der Waals surface area contributed by atoms with Crippen LogP contribution in [0, 0.1) is 0 Å². The zero-order chi connectivity index (χ0) is 19.8. The second-order valence-electron chi connectivity index (χ2n) is 6.04. The van der Waals surface area contributed by atoms with E-state index in [0.29, 0.717) is 25.6 Å². The van der Waals surface area contributed by atoms with Crippen LogP contribution < -0.4 is 15.8 Å². The third kappa shape index (κ3) is 7.80. The molecule has 0 fully saturated rings. The molecule has 156 valence electrons. The fourth-order valence-electron chi connectivity index (χ4n) is 2.47. The van der Waals surface area contributed by atoms with Crippen LogP contribution in [0.15, 0.2) is 74.5 Å². The number of benzene rings is 1. The van der Waals surface area contributed by atoms with Crippen LogP contribution in [0.3, 0.4) is 0 Å². The molecular weight excluding hydrogens is 523 g/mol. The van der Waals surface area contributed by atoms with Crippen molar-refractivity contribution < 1.29 is 12.8 Å². The smallest absolute Gasteiger partial charge is 0.238 e. The molecule has 0 radical (unpaired) electrons. The summed E-state index contributed by atoms with van der Waals surface area (Å²) in [5.41, 5.74) is 0.885. The number of thiophene rings is 1. The van der Waals surface area contributed by atoms with Gasteiger partial charge in [-0.15, -0.1) is 35.3 Å². The van der Waals surface area contributed by atoms with Crippen molar-refractivity contribution in [1.82, 2.24) is 10.6 Å². The van der Waals surface area contributed by atoms with E-state index < -0.39 is 10.0 Å². The van der Waals surface area contributed by atoms with Gasteiger partial charge in [0.2, 0.25) is 10.0 Å². The predicted octanol–water partition coefficient (Wildman–Crippen LogP) is 3.08. The van der Waals surface area contributed by atoms with Crippen molar-refractivity contribution in [2.24, 2.45) is 10.1 Å². The van der Waals surface area contributed by atoms with Gasteiger partial charge in [0.15, 0.2) is 5.96 Å². The molecule has 0 saturated carbocycles. The molecule has 0 saturated heterocycles. The van der Waals surface area contributed by atoms with Gasteiger partial charge in [0.25, 0.3) is 0 Å². The Morgan fingerprint density at radius 2 is 1.90 bits per heavy atom. The standard InChI is InChI=1S/C19H22N4O3S2.HI/c20-28(24,25)18-7-5-15(6-8-18)13-22-19(23-14-17-4-2-12-27-17)21-10-9-16-3-1-11-26-16;/h1-8,11-12H,9-10,13-14H2,(H2,20,24,25)(H2,21,22,23);1H. The Balaban J connectivity index is 0.00000300. The summed E-state index contributed by atoms with van der Waals surface area (Å²) in [6.07, 6.45) is 2.40. The monoisotopic (exact) mass is 546 g/mol. The van der Waals surface area contributed by atoms with Crippen molar-refractivity contribution in [1.29, 1.82) is 0 Å². The van der Waals surface area contributed by atoms with E-state index in [1.54, 1.807) is 29.7 Å². The van der Waals surface area contributed by atoms with Crippen molar-refractivity contribution in [2.75, 3.05) is 6.54 Å². The van der Waals surface area contributed by atoms with Crippen molar-refractivity contribution in [3.63, 3.8) is 0 Å². The van der Waals surface area contributed by atoms with Crippen LogP contribution in [-0.2, 0) is 29.5 Å². The minimum absolute atomic E-state index is 0. The molecule has 0 bridgehead atoms. The predicted molar refractivity (Wildman–Crippen MR) is 126 cm³/mol. The lowest BCUT2D eigenvalue weighted by molar-refractivity contribution is 0.506. The summed E-state index contributed by atoms with van der Waals surface area (Å²) in [5.74, 6) is 1.58. The topological polar surface area (TPSA) is 110 Å². The number of nitrogens with two attached hydrogens (primary N) is 1. The van der Waals surface area contributed by atoms with Gasteiger partial charge < -0.3 is 15.1 Å². The van der Waals surface area contributed by atoms with E-state index in [1.807, 2.05) is 23.6 Å². The molecule has 4 N–H and O–H groups in total. The number of furan rings is 1. The van der Waals surface area contributed by atoms with Crippen molar-refractivity contribution >= 4 is 51.3 Å². The van der Waals surface area contributed by atoms with Gasteiger partial charge >= 0.3 is 0 Å². The van der Waals surface area contributed by atoms with Crippen LogP contribution >= 0.6 is 35.3 Å². The molecule has 7 nitrogen and oxygen atoms in total. The highest BCUT2D eigenvalue weighted by molar-refractivity contribution is 14.0. The zero-order valence-corrected chi connectivity index (χ0v) is 19.5. The maximum absolute atomic E-state index is 11.3. The van der Waals surface area contributed by atoms with E-state index in [4.69, 9.17) is 9.56 Å². The van der Waals surface area contributed by atoms with Gasteiger partial charge in [-0.2, -0.15) is 0 Å². The molecule has 0 spiro atoms. The molecule has 3 aromatic rings. The van der Waals surface area contributed by atoms with E-state index in [1.165, 1.54) is 17.0 Å². The van der Waals surface area contributed by atoms with Gasteiger partial charge in [-0.05, 0) is 41.3 Å². The molecule has 3 rings (SSSR count). The number of hydrogen-bond acceptors (Lipinski definition) is 5. The molecule has 10 heteroatoms. The first kappa shape index (κ1) is 23.4. The Labute approximate surface area is 191 Å². The van der Waals surface area contributed by atoms with Crippen molar-refractivity contribution in [3.05, 3.63) is 76.4 Å². The van der Waals surface area contributed by atoms with E-state index >= 15 is 0 Å². The van der Waals surface area contributed by atoms with Crippen molar-refractivity contribution in [3.8, 4) is 0 Å². The molecule has 1 aromatic carbocycles. The maximum atomic E-state index is 11.3. The number of nitrogens with zero attached hydrogens (tertiary/aromatic N) is 1. The van der Waals surface area contributed by atoms with Gasteiger partial charge in [0.05, 0.1) is 24.2 Å². The number of primary sulfonamides is 1. The SMILES string of the molecule is I.NS(=O)(=O)c1ccc(CN=C(NCCc2ccco2)NCc2cccs2)cc1. The first-order valence-electron chi connectivity index (χ1n) is 8.69. The second-order valence-corrected chi connectivity index (χ2v) is 8.64. The van der Waals surface area contributed by atoms with Crippen LogP contribution in [0.2, 0.25) is 0 Å². The Morgan fingerprint density at radius 1 is 1.10 bits per heavy atom. The lowest BCUT2D eigenvalue weighted by Gasteiger charge is -2.12. The molecule has 0 aliphatic carbocycles. The number of aliphatic imine (C=N–C) groups is 1.